The Bertz CT molecular complexity index is 346. The van der Waals surface area contributed by atoms with Crippen molar-refractivity contribution in [3.63, 3.8) is 0 Å². The van der Waals surface area contributed by atoms with Crippen molar-refractivity contribution >= 4 is 21.6 Å². The van der Waals surface area contributed by atoms with E-state index in [0.29, 0.717) is 5.33 Å². The van der Waals surface area contributed by atoms with E-state index in [1.165, 1.54) is 18.9 Å². The Morgan fingerprint density at radius 2 is 1.72 bits per heavy atom. The summed E-state index contributed by atoms with van der Waals surface area (Å²) in [6.07, 6.45) is 4.65. The summed E-state index contributed by atoms with van der Waals surface area (Å²) in [5, 5.41) is 0.573. The maximum Gasteiger partial charge on any atom is 0.129 e. The molecule has 1 aromatic rings. The second-order valence-corrected chi connectivity index (χ2v) is 5.13. The molecule has 1 nitrogen and oxygen atoms in total. The van der Waals surface area contributed by atoms with Crippen LogP contribution in [-0.4, -0.2) is 13.1 Å². The van der Waals surface area contributed by atoms with E-state index in [-0.39, 0.29) is 5.82 Å². The zero-order valence-corrected chi connectivity index (χ0v) is 13.0. The molecule has 0 heterocycles. The van der Waals surface area contributed by atoms with Gasteiger partial charge in [-0.05, 0) is 25.0 Å². The Hall–Kier alpha value is -0.570. The molecule has 0 saturated heterocycles. The monoisotopic (exact) mass is 315 g/mol. The smallest absolute Gasteiger partial charge is 0.129 e. The average Bonchev–Trinajstić information content (AvgIpc) is 2.39. The Morgan fingerprint density at radius 3 is 2.22 bits per heavy atom. The minimum absolute atomic E-state index is 0.109. The molecule has 0 saturated carbocycles. The highest BCUT2D eigenvalue weighted by molar-refractivity contribution is 9.08. The van der Waals surface area contributed by atoms with Gasteiger partial charge in [-0.15, -0.1) is 0 Å². The standard InChI is InChI=1S/C15H23BrFN/c1-3-5-10-18(11-6-4-2)15-9-7-8-14(17)13(15)12-16/h7-9H,3-6,10-12H2,1-2H3. The highest BCUT2D eigenvalue weighted by atomic mass is 79.9. The number of unbranched alkanes of at least 4 members (excludes halogenated alkanes) is 2. The number of hydrogen-bond acceptors (Lipinski definition) is 1. The number of hydrogen-bond donors (Lipinski definition) is 0. The Labute approximate surface area is 119 Å². The van der Waals surface area contributed by atoms with Gasteiger partial charge in [0.2, 0.25) is 0 Å². The summed E-state index contributed by atoms with van der Waals surface area (Å²) in [6.45, 7) is 6.41. The van der Waals surface area contributed by atoms with Gasteiger partial charge in [0.25, 0.3) is 0 Å². The minimum atomic E-state index is -0.109. The lowest BCUT2D eigenvalue weighted by molar-refractivity contribution is 0.612. The molecule has 0 radical (unpaired) electrons. The molecule has 0 aliphatic heterocycles. The van der Waals surface area contributed by atoms with Crippen molar-refractivity contribution < 1.29 is 4.39 Å². The molecule has 0 bridgehead atoms. The first-order chi connectivity index (χ1) is 8.74. The average molecular weight is 316 g/mol. The highest BCUT2D eigenvalue weighted by Gasteiger charge is 2.13. The third-order valence-electron chi connectivity index (χ3n) is 3.13. The predicted octanol–water partition coefficient (Wildman–Crippen LogP) is 5.13. The van der Waals surface area contributed by atoms with Crippen molar-refractivity contribution in [2.24, 2.45) is 0 Å². The molecule has 1 aromatic carbocycles. The molecule has 0 unspecified atom stereocenters. The SMILES string of the molecule is CCCCN(CCCC)c1cccc(F)c1CBr. The van der Waals surface area contributed by atoms with E-state index in [1.54, 1.807) is 0 Å². The summed E-state index contributed by atoms with van der Waals surface area (Å²) in [6, 6.07) is 5.38. The number of rotatable bonds is 8. The maximum absolute atomic E-state index is 13.8. The van der Waals surface area contributed by atoms with E-state index in [2.05, 4.69) is 34.7 Å². The van der Waals surface area contributed by atoms with Crippen molar-refractivity contribution in [2.75, 3.05) is 18.0 Å². The van der Waals surface area contributed by atoms with Crippen LogP contribution in [0, 0.1) is 5.82 Å². The molecule has 0 fully saturated rings. The zero-order valence-electron chi connectivity index (χ0n) is 11.4. The summed E-state index contributed by atoms with van der Waals surface area (Å²) in [5.74, 6) is -0.109. The topological polar surface area (TPSA) is 3.24 Å². The zero-order chi connectivity index (χ0) is 13.4. The summed E-state index contributed by atoms with van der Waals surface area (Å²) >= 11 is 3.40. The van der Waals surface area contributed by atoms with Crippen LogP contribution in [-0.2, 0) is 5.33 Å². The van der Waals surface area contributed by atoms with Gasteiger partial charge in [-0.2, -0.15) is 0 Å². The van der Waals surface area contributed by atoms with Crippen LogP contribution >= 0.6 is 15.9 Å². The van der Waals surface area contributed by atoms with Crippen molar-refractivity contribution in [2.45, 2.75) is 44.9 Å². The van der Waals surface area contributed by atoms with Gasteiger partial charge in [0.05, 0.1) is 0 Å². The lowest BCUT2D eigenvalue weighted by Gasteiger charge is -2.27. The summed E-state index contributed by atoms with van der Waals surface area (Å²) < 4.78 is 13.8. The van der Waals surface area contributed by atoms with Crippen LogP contribution in [0.5, 0.6) is 0 Å². The number of anilines is 1. The third kappa shape index (κ3) is 4.27. The Kier molecular flexibility index (Phi) is 7.33. The van der Waals surface area contributed by atoms with Gasteiger partial charge in [-0.1, -0.05) is 48.7 Å². The minimum Gasteiger partial charge on any atom is -0.371 e. The molecule has 0 aromatic heterocycles. The van der Waals surface area contributed by atoms with Gasteiger partial charge in [0.1, 0.15) is 5.82 Å². The molecule has 0 atom stereocenters. The van der Waals surface area contributed by atoms with Gasteiger partial charge in [-0.3, -0.25) is 0 Å². The van der Waals surface area contributed by atoms with Crippen LogP contribution in [0.4, 0.5) is 10.1 Å². The van der Waals surface area contributed by atoms with Crippen molar-refractivity contribution in [3.05, 3.63) is 29.6 Å². The molecule has 0 aliphatic rings. The summed E-state index contributed by atoms with van der Waals surface area (Å²) in [7, 11) is 0. The first kappa shape index (κ1) is 15.5. The van der Waals surface area contributed by atoms with Gasteiger partial charge < -0.3 is 4.90 Å². The van der Waals surface area contributed by atoms with E-state index < -0.39 is 0 Å². The second-order valence-electron chi connectivity index (χ2n) is 4.57. The molecule has 18 heavy (non-hydrogen) atoms. The van der Waals surface area contributed by atoms with E-state index in [4.69, 9.17) is 0 Å². The fraction of sp³-hybridized carbons (Fsp3) is 0.600. The maximum atomic E-state index is 13.8. The molecular weight excluding hydrogens is 293 g/mol. The fourth-order valence-corrected chi connectivity index (χ4v) is 2.58. The van der Waals surface area contributed by atoms with Crippen LogP contribution in [0.3, 0.4) is 0 Å². The molecule has 0 amide bonds. The molecule has 102 valence electrons. The lowest BCUT2D eigenvalue weighted by Crippen LogP contribution is -2.26. The fourth-order valence-electron chi connectivity index (χ4n) is 2.03. The van der Waals surface area contributed by atoms with Crippen LogP contribution in [0.1, 0.15) is 45.1 Å². The lowest BCUT2D eigenvalue weighted by atomic mass is 10.1. The molecule has 3 heteroatoms. The second kappa shape index (κ2) is 8.52. The van der Waals surface area contributed by atoms with E-state index in [1.807, 2.05) is 12.1 Å². The molecule has 0 spiro atoms. The summed E-state index contributed by atoms with van der Waals surface area (Å²) in [4.78, 5) is 2.33. The quantitative estimate of drug-likeness (QED) is 0.601. The van der Waals surface area contributed by atoms with Gasteiger partial charge >= 0.3 is 0 Å². The van der Waals surface area contributed by atoms with E-state index in [0.717, 1.165) is 37.2 Å². The highest BCUT2D eigenvalue weighted by Crippen LogP contribution is 2.26. The van der Waals surface area contributed by atoms with Crippen molar-refractivity contribution in [3.8, 4) is 0 Å². The number of alkyl halides is 1. The van der Waals surface area contributed by atoms with Crippen LogP contribution in [0.25, 0.3) is 0 Å². The first-order valence-corrected chi connectivity index (χ1v) is 7.95. The summed E-state index contributed by atoms with van der Waals surface area (Å²) in [5.41, 5.74) is 1.83. The number of benzene rings is 1. The Balaban J connectivity index is 2.91. The largest absolute Gasteiger partial charge is 0.371 e. The van der Waals surface area contributed by atoms with Crippen molar-refractivity contribution in [1.82, 2.24) is 0 Å². The number of halogens is 2. The molecule has 0 aliphatic carbocycles. The van der Waals surface area contributed by atoms with Crippen LogP contribution in [0.15, 0.2) is 18.2 Å². The third-order valence-corrected chi connectivity index (χ3v) is 3.69. The molecule has 1 rings (SSSR count). The predicted molar refractivity (Wildman–Crippen MR) is 81.1 cm³/mol. The van der Waals surface area contributed by atoms with Gasteiger partial charge in [0, 0.05) is 29.7 Å². The van der Waals surface area contributed by atoms with E-state index >= 15 is 0 Å². The molecule has 0 N–H and O–H groups in total. The van der Waals surface area contributed by atoms with Crippen LogP contribution in [0.2, 0.25) is 0 Å². The molecular formula is C15H23BrFN. The van der Waals surface area contributed by atoms with Gasteiger partial charge in [0.15, 0.2) is 0 Å². The van der Waals surface area contributed by atoms with Gasteiger partial charge in [-0.25, -0.2) is 4.39 Å². The first-order valence-electron chi connectivity index (χ1n) is 6.82. The number of nitrogens with zero attached hydrogens (tertiary/aromatic N) is 1. The van der Waals surface area contributed by atoms with Crippen molar-refractivity contribution in [1.29, 1.82) is 0 Å². The normalized spacial score (nSPS) is 10.7. The van der Waals surface area contributed by atoms with E-state index in [9.17, 15) is 4.39 Å². The van der Waals surface area contributed by atoms with Crippen LogP contribution < -0.4 is 4.90 Å². The Morgan fingerprint density at radius 1 is 1.11 bits per heavy atom.